The first-order valence-electron chi connectivity index (χ1n) is 15.4. The van der Waals surface area contributed by atoms with E-state index in [0.717, 1.165) is 50.6 Å². The molecule has 5 fully saturated rings. The molecule has 2 aliphatic heterocycles. The Kier molecular flexibility index (Phi) is 7.19. The number of ether oxygens (including phenoxy) is 1. The number of fused-ring (bicyclic) bond motifs is 5. The van der Waals surface area contributed by atoms with Crippen molar-refractivity contribution in [2.24, 2.45) is 34.5 Å². The van der Waals surface area contributed by atoms with E-state index in [1.807, 2.05) is 11.8 Å². The van der Waals surface area contributed by atoms with Crippen LogP contribution in [0.2, 0.25) is 0 Å². The predicted octanol–water partition coefficient (Wildman–Crippen LogP) is 1.31. The van der Waals surface area contributed by atoms with E-state index < -0.39 is 17.1 Å². The van der Waals surface area contributed by atoms with Gasteiger partial charge in [-0.3, -0.25) is 9.69 Å². The van der Waals surface area contributed by atoms with Gasteiger partial charge < -0.3 is 30.9 Å². The van der Waals surface area contributed by atoms with Crippen molar-refractivity contribution in [1.82, 2.24) is 20.9 Å². The highest BCUT2D eigenvalue weighted by Gasteiger charge is 2.70. The van der Waals surface area contributed by atoms with Gasteiger partial charge in [-0.2, -0.15) is 0 Å². The van der Waals surface area contributed by atoms with Crippen LogP contribution in [0.4, 0.5) is 4.79 Å². The number of aliphatic hydroxyl groups is 2. The minimum Gasteiger partial charge on any atom is -0.458 e. The van der Waals surface area contributed by atoms with E-state index in [1.54, 1.807) is 6.08 Å². The molecular formula is C30H46N4O6. The largest absolute Gasteiger partial charge is 0.458 e. The summed E-state index contributed by atoms with van der Waals surface area (Å²) in [4.78, 5) is 38.1. The molecule has 0 aromatic rings. The van der Waals surface area contributed by atoms with Crippen molar-refractivity contribution in [2.45, 2.75) is 83.0 Å². The maximum atomic E-state index is 12.7. The highest BCUT2D eigenvalue weighted by atomic mass is 16.5. The Hall–Kier alpha value is -2.17. The van der Waals surface area contributed by atoms with Crippen molar-refractivity contribution in [2.75, 3.05) is 39.3 Å². The number of piperazine rings is 1. The minimum absolute atomic E-state index is 0.00817. The molecule has 0 unspecified atom stereocenters. The highest BCUT2D eigenvalue weighted by Crippen LogP contribution is 2.69. The molecule has 4 saturated carbocycles. The molecule has 6 aliphatic rings. The molecule has 0 aromatic carbocycles. The van der Waals surface area contributed by atoms with Gasteiger partial charge in [0.15, 0.2) is 0 Å². The molecule has 222 valence electrons. The molecule has 4 aliphatic carbocycles. The molecule has 0 aromatic heterocycles. The fourth-order valence-electron chi connectivity index (χ4n) is 9.97. The molecule has 0 radical (unpaired) electrons. The van der Waals surface area contributed by atoms with Crippen LogP contribution in [-0.4, -0.2) is 90.1 Å². The van der Waals surface area contributed by atoms with Crippen molar-refractivity contribution in [3.8, 4) is 0 Å². The van der Waals surface area contributed by atoms with Crippen LogP contribution in [0.5, 0.6) is 0 Å². The average Bonchev–Trinajstić information content (AvgIpc) is 3.46. The van der Waals surface area contributed by atoms with Crippen LogP contribution in [-0.2, 0) is 14.3 Å². The van der Waals surface area contributed by atoms with E-state index in [4.69, 9.17) is 4.74 Å². The molecule has 3 amide bonds. The SMILES string of the molecule is C[C@@]12CC[C@@H](NC(=O)NCCN3CCNC(=O)C3)C[C@H]1CC[C@@H]1[C@H]2C[C@@H](O)[C@@]2(C)[C@@H](C3=CC(=O)OC3)CC[C@@]12O. The van der Waals surface area contributed by atoms with Crippen LogP contribution in [0.15, 0.2) is 11.6 Å². The van der Waals surface area contributed by atoms with E-state index in [1.165, 1.54) is 0 Å². The molecule has 6 rings (SSSR count). The van der Waals surface area contributed by atoms with Crippen LogP contribution in [0.3, 0.4) is 0 Å². The number of esters is 1. The molecule has 2 heterocycles. The normalized spacial score (nSPS) is 45.0. The van der Waals surface area contributed by atoms with Crippen LogP contribution >= 0.6 is 0 Å². The standard InChI is InChI=1S/C30H46N4O6/c1-28-7-5-20(33-27(38)32-10-12-34-11-9-31-25(36)16-34)14-19(28)3-4-22-23(28)15-24(35)29(2)21(6-8-30(22,29)39)18-13-26(37)40-17-18/h13,19-24,35,39H,3-12,14-17H2,1-2H3,(H,31,36)(H2,32,33,38)/t19-,20-,21-,22-,23-,24-,28-,29-,30-/m1/s1. The Morgan fingerprint density at radius 1 is 1.15 bits per heavy atom. The zero-order valence-electron chi connectivity index (χ0n) is 23.9. The lowest BCUT2D eigenvalue weighted by Crippen LogP contribution is -2.67. The van der Waals surface area contributed by atoms with Gasteiger partial charge in [0.2, 0.25) is 5.91 Å². The molecule has 10 heteroatoms. The maximum absolute atomic E-state index is 12.7. The summed E-state index contributed by atoms with van der Waals surface area (Å²) in [6, 6.07) is -0.0393. The molecule has 5 N–H and O–H groups in total. The second-order valence-corrected chi connectivity index (χ2v) is 13.9. The summed E-state index contributed by atoms with van der Waals surface area (Å²) in [5, 5.41) is 33.1. The third kappa shape index (κ3) is 4.45. The fraction of sp³-hybridized carbons (Fsp3) is 0.833. The lowest BCUT2D eigenvalue weighted by molar-refractivity contribution is -0.242. The topological polar surface area (TPSA) is 140 Å². The van der Waals surface area contributed by atoms with Gasteiger partial charge >= 0.3 is 12.0 Å². The van der Waals surface area contributed by atoms with Crippen LogP contribution in [0.1, 0.15) is 65.2 Å². The van der Waals surface area contributed by atoms with Crippen LogP contribution in [0.25, 0.3) is 0 Å². The lowest BCUT2D eigenvalue weighted by atomic mass is 9.42. The molecule has 9 atom stereocenters. The number of cyclic esters (lactones) is 1. The number of carbonyl (C=O) groups is 3. The maximum Gasteiger partial charge on any atom is 0.331 e. The Balaban J connectivity index is 1.08. The fourth-order valence-corrected chi connectivity index (χ4v) is 9.97. The zero-order chi connectivity index (χ0) is 28.3. The average molecular weight is 559 g/mol. The Morgan fingerprint density at radius 2 is 1.98 bits per heavy atom. The monoisotopic (exact) mass is 558 g/mol. The van der Waals surface area contributed by atoms with Gasteiger partial charge in [-0.1, -0.05) is 13.8 Å². The van der Waals surface area contributed by atoms with Crippen LogP contribution in [0, 0.1) is 34.5 Å². The van der Waals surface area contributed by atoms with E-state index in [9.17, 15) is 24.6 Å². The Morgan fingerprint density at radius 3 is 2.73 bits per heavy atom. The van der Waals surface area contributed by atoms with Crippen molar-refractivity contribution in [1.29, 1.82) is 0 Å². The van der Waals surface area contributed by atoms with E-state index in [0.29, 0.717) is 44.9 Å². The molecule has 10 nitrogen and oxygen atoms in total. The quantitative estimate of drug-likeness (QED) is 0.321. The van der Waals surface area contributed by atoms with Gasteiger partial charge in [0, 0.05) is 43.7 Å². The number of amides is 3. The summed E-state index contributed by atoms with van der Waals surface area (Å²) in [6.07, 6.45) is 7.71. The summed E-state index contributed by atoms with van der Waals surface area (Å²) in [7, 11) is 0. The summed E-state index contributed by atoms with van der Waals surface area (Å²) in [5.41, 5.74) is -0.725. The van der Waals surface area contributed by atoms with E-state index in [2.05, 4.69) is 22.9 Å². The van der Waals surface area contributed by atoms with Gasteiger partial charge in [0.05, 0.1) is 18.2 Å². The molecule has 1 saturated heterocycles. The van der Waals surface area contributed by atoms with Gasteiger partial charge in [0.25, 0.3) is 0 Å². The summed E-state index contributed by atoms with van der Waals surface area (Å²) in [6.45, 7) is 7.66. The highest BCUT2D eigenvalue weighted by molar-refractivity contribution is 5.85. The number of nitrogens with one attached hydrogen (secondary N) is 3. The molecule has 40 heavy (non-hydrogen) atoms. The summed E-state index contributed by atoms with van der Waals surface area (Å²) < 4.78 is 5.21. The number of hydrogen-bond donors (Lipinski definition) is 5. The third-order valence-corrected chi connectivity index (χ3v) is 12.2. The molecular weight excluding hydrogens is 512 g/mol. The van der Waals surface area contributed by atoms with Crippen molar-refractivity contribution in [3.63, 3.8) is 0 Å². The van der Waals surface area contributed by atoms with Crippen molar-refractivity contribution < 1.29 is 29.3 Å². The van der Waals surface area contributed by atoms with E-state index >= 15 is 0 Å². The van der Waals surface area contributed by atoms with Gasteiger partial charge in [0.1, 0.15) is 6.61 Å². The summed E-state index contributed by atoms with van der Waals surface area (Å²) in [5.74, 6) is 0.445. The van der Waals surface area contributed by atoms with Crippen molar-refractivity contribution in [3.05, 3.63) is 11.6 Å². The second kappa shape index (κ2) is 10.3. The molecule has 0 bridgehead atoms. The minimum atomic E-state index is -0.968. The zero-order valence-corrected chi connectivity index (χ0v) is 23.9. The number of urea groups is 1. The first-order chi connectivity index (χ1) is 19.0. The van der Waals surface area contributed by atoms with Gasteiger partial charge in [-0.25, -0.2) is 9.59 Å². The number of rotatable bonds is 5. The lowest BCUT2D eigenvalue weighted by Gasteiger charge is -2.65. The van der Waals surface area contributed by atoms with Crippen molar-refractivity contribution >= 4 is 17.9 Å². The summed E-state index contributed by atoms with van der Waals surface area (Å²) >= 11 is 0. The third-order valence-electron chi connectivity index (χ3n) is 12.2. The first-order valence-corrected chi connectivity index (χ1v) is 15.4. The number of nitrogens with zero attached hydrogens (tertiary/aromatic N) is 1. The van der Waals surface area contributed by atoms with Crippen LogP contribution < -0.4 is 16.0 Å². The molecule has 0 spiro atoms. The Labute approximate surface area is 236 Å². The second-order valence-electron chi connectivity index (χ2n) is 13.9. The Bertz CT molecular complexity index is 1080. The number of aliphatic hydroxyl groups excluding tert-OH is 1. The number of hydrogen-bond acceptors (Lipinski definition) is 7. The van der Waals surface area contributed by atoms with Gasteiger partial charge in [-0.05, 0) is 86.0 Å². The predicted molar refractivity (Wildman–Crippen MR) is 147 cm³/mol. The van der Waals surface area contributed by atoms with Gasteiger partial charge in [-0.15, -0.1) is 0 Å². The van der Waals surface area contributed by atoms with E-state index in [-0.39, 0.29) is 53.7 Å². The first kappa shape index (κ1) is 28.0. The number of carbonyl (C=O) groups excluding carboxylic acids is 3. The smallest absolute Gasteiger partial charge is 0.331 e.